The van der Waals surface area contributed by atoms with E-state index in [1.807, 2.05) is 6.92 Å². The highest BCUT2D eigenvalue weighted by Crippen LogP contribution is 2.33. The van der Waals surface area contributed by atoms with Gasteiger partial charge in [-0.25, -0.2) is 14.0 Å². The van der Waals surface area contributed by atoms with Gasteiger partial charge in [-0.1, -0.05) is 31.2 Å². The lowest BCUT2D eigenvalue weighted by molar-refractivity contribution is 0.0695. The van der Waals surface area contributed by atoms with Crippen molar-refractivity contribution < 1.29 is 23.8 Å². The molecular formula is C22H25FN2O4. The molecule has 1 unspecified atom stereocenters. The molecule has 2 amide bonds. The van der Waals surface area contributed by atoms with Crippen molar-refractivity contribution in [3.63, 3.8) is 0 Å². The summed E-state index contributed by atoms with van der Waals surface area (Å²) >= 11 is 0. The average molecular weight is 400 g/mol. The van der Waals surface area contributed by atoms with Crippen LogP contribution in [0.2, 0.25) is 0 Å². The molecule has 154 valence electrons. The van der Waals surface area contributed by atoms with Crippen LogP contribution in [0.3, 0.4) is 0 Å². The molecule has 1 N–H and O–H groups in total. The molecule has 1 atom stereocenters. The molecule has 1 aliphatic rings. The van der Waals surface area contributed by atoms with Crippen molar-refractivity contribution in [1.82, 2.24) is 4.90 Å². The van der Waals surface area contributed by atoms with Crippen LogP contribution in [0, 0.1) is 5.82 Å². The Bertz CT molecular complexity index is 865. The summed E-state index contributed by atoms with van der Waals surface area (Å²) in [6.07, 6.45) is 1.18. The predicted octanol–water partition coefficient (Wildman–Crippen LogP) is 4.32. The molecule has 0 aromatic heterocycles. The lowest BCUT2D eigenvalue weighted by Gasteiger charge is -2.36. The second kappa shape index (κ2) is 9.52. The molecule has 6 nitrogen and oxygen atoms in total. The number of nitrogens with zero attached hydrogens (tertiary/aromatic N) is 2. The first-order chi connectivity index (χ1) is 14.0. The van der Waals surface area contributed by atoms with Crippen LogP contribution >= 0.6 is 0 Å². The van der Waals surface area contributed by atoms with Gasteiger partial charge in [0.2, 0.25) is 0 Å². The number of benzene rings is 2. The average Bonchev–Trinajstić information content (AvgIpc) is 3.01. The number of halogens is 1. The Morgan fingerprint density at radius 1 is 1.17 bits per heavy atom. The van der Waals surface area contributed by atoms with Gasteiger partial charge in [-0.2, -0.15) is 0 Å². The summed E-state index contributed by atoms with van der Waals surface area (Å²) in [5.41, 5.74) is 1.05. The smallest absolute Gasteiger partial charge is 0.336 e. The van der Waals surface area contributed by atoms with Crippen LogP contribution in [0.5, 0.6) is 0 Å². The summed E-state index contributed by atoms with van der Waals surface area (Å²) in [6.45, 7) is 3.87. The quantitative estimate of drug-likeness (QED) is 0.811. The lowest BCUT2D eigenvalue weighted by atomic mass is 9.96. The molecule has 1 aliphatic heterocycles. The summed E-state index contributed by atoms with van der Waals surface area (Å²) in [6, 6.07) is 11.6. The number of carboxylic acids is 1. The molecule has 3 rings (SSSR count). The monoisotopic (exact) mass is 400 g/mol. The number of hydrogen-bond acceptors (Lipinski definition) is 3. The molecule has 0 spiro atoms. The molecule has 1 saturated heterocycles. The third-order valence-electron chi connectivity index (χ3n) is 5.03. The van der Waals surface area contributed by atoms with Gasteiger partial charge in [-0.05, 0) is 42.7 Å². The fourth-order valence-corrected chi connectivity index (χ4v) is 3.66. The lowest BCUT2D eigenvalue weighted by Crippen LogP contribution is -2.46. The Morgan fingerprint density at radius 3 is 2.69 bits per heavy atom. The van der Waals surface area contributed by atoms with E-state index in [2.05, 4.69) is 0 Å². The highest BCUT2D eigenvalue weighted by atomic mass is 19.1. The van der Waals surface area contributed by atoms with Crippen LogP contribution in [0.1, 0.15) is 41.7 Å². The number of urea groups is 1. The van der Waals surface area contributed by atoms with Gasteiger partial charge in [0.15, 0.2) is 0 Å². The number of aromatic carboxylic acids is 1. The van der Waals surface area contributed by atoms with Crippen LogP contribution in [-0.4, -0.2) is 48.3 Å². The van der Waals surface area contributed by atoms with Gasteiger partial charge < -0.3 is 14.7 Å². The molecule has 0 bridgehead atoms. The molecule has 2 aromatic carbocycles. The third kappa shape index (κ3) is 4.74. The van der Waals surface area contributed by atoms with Gasteiger partial charge in [0, 0.05) is 25.4 Å². The van der Waals surface area contributed by atoms with Gasteiger partial charge in [0.05, 0.1) is 18.2 Å². The molecule has 1 heterocycles. The molecule has 1 fully saturated rings. The third-order valence-corrected chi connectivity index (χ3v) is 5.03. The Hall–Kier alpha value is -2.93. The molecule has 2 aromatic rings. The number of carbonyl (C=O) groups is 2. The fraction of sp³-hybridized carbons (Fsp3) is 0.364. The summed E-state index contributed by atoms with van der Waals surface area (Å²) in [5.74, 6) is -1.52. The highest BCUT2D eigenvalue weighted by Gasteiger charge is 2.32. The molecule has 0 radical (unpaired) electrons. The largest absolute Gasteiger partial charge is 0.478 e. The van der Waals surface area contributed by atoms with Gasteiger partial charge in [0.25, 0.3) is 0 Å². The molecular weight excluding hydrogens is 375 g/mol. The molecule has 0 saturated carbocycles. The number of hydrogen-bond donors (Lipinski definition) is 1. The van der Waals surface area contributed by atoms with Gasteiger partial charge in [-0.15, -0.1) is 0 Å². The van der Waals surface area contributed by atoms with E-state index in [4.69, 9.17) is 4.74 Å². The zero-order valence-electron chi connectivity index (χ0n) is 16.4. The summed E-state index contributed by atoms with van der Waals surface area (Å²) in [5, 5.41) is 9.64. The van der Waals surface area contributed by atoms with E-state index >= 15 is 0 Å². The van der Waals surface area contributed by atoms with Crippen molar-refractivity contribution in [3.8, 4) is 0 Å². The topological polar surface area (TPSA) is 70.1 Å². The molecule has 29 heavy (non-hydrogen) atoms. The predicted molar refractivity (Wildman–Crippen MR) is 108 cm³/mol. The van der Waals surface area contributed by atoms with Crippen LogP contribution in [0.4, 0.5) is 14.9 Å². The second-order valence-electron chi connectivity index (χ2n) is 6.90. The van der Waals surface area contributed by atoms with Crippen LogP contribution < -0.4 is 4.90 Å². The first kappa shape index (κ1) is 20.8. The number of anilines is 1. The van der Waals surface area contributed by atoms with E-state index in [1.165, 1.54) is 23.1 Å². The molecule has 7 heteroatoms. The van der Waals surface area contributed by atoms with Crippen LogP contribution in [0.15, 0.2) is 48.5 Å². The van der Waals surface area contributed by atoms with Crippen molar-refractivity contribution in [1.29, 1.82) is 0 Å². The highest BCUT2D eigenvalue weighted by molar-refractivity contribution is 5.95. The number of amides is 2. The van der Waals surface area contributed by atoms with E-state index < -0.39 is 17.8 Å². The maximum Gasteiger partial charge on any atom is 0.336 e. The Morgan fingerprint density at radius 2 is 1.97 bits per heavy atom. The molecule has 0 aliphatic carbocycles. The minimum atomic E-state index is -1.06. The minimum Gasteiger partial charge on any atom is -0.478 e. The number of ether oxygens (including phenoxy) is 1. The maximum atomic E-state index is 14.0. The zero-order chi connectivity index (χ0) is 20.8. The normalized spacial score (nSPS) is 15.4. The number of carbonyl (C=O) groups excluding carboxylic acids is 1. The van der Waals surface area contributed by atoms with E-state index in [0.717, 1.165) is 0 Å². The maximum absolute atomic E-state index is 14.0. The van der Waals surface area contributed by atoms with Crippen LogP contribution in [-0.2, 0) is 4.74 Å². The minimum absolute atomic E-state index is 0.132. The first-order valence-corrected chi connectivity index (χ1v) is 9.76. The van der Waals surface area contributed by atoms with Gasteiger partial charge in [0.1, 0.15) is 5.82 Å². The SMILES string of the molecule is CCC(c1ccccc1C(=O)O)N(C(=O)N1CCCOCC1)c1cccc(F)c1. The van der Waals surface area contributed by atoms with Crippen molar-refractivity contribution in [2.75, 3.05) is 31.2 Å². The van der Waals surface area contributed by atoms with E-state index in [9.17, 15) is 19.1 Å². The second-order valence-corrected chi connectivity index (χ2v) is 6.90. The Labute approximate surface area is 169 Å². The Kier molecular flexibility index (Phi) is 6.82. The van der Waals surface area contributed by atoms with Crippen molar-refractivity contribution in [2.45, 2.75) is 25.8 Å². The van der Waals surface area contributed by atoms with E-state index in [0.29, 0.717) is 50.4 Å². The fourth-order valence-electron chi connectivity index (χ4n) is 3.66. The van der Waals surface area contributed by atoms with E-state index in [-0.39, 0.29) is 11.6 Å². The number of carboxylic acid groups (broad SMARTS) is 1. The van der Waals surface area contributed by atoms with Crippen molar-refractivity contribution in [3.05, 3.63) is 65.5 Å². The van der Waals surface area contributed by atoms with Crippen molar-refractivity contribution in [2.24, 2.45) is 0 Å². The number of rotatable bonds is 5. The summed E-state index contributed by atoms with van der Waals surface area (Å²) < 4.78 is 19.5. The van der Waals surface area contributed by atoms with E-state index in [1.54, 1.807) is 35.2 Å². The zero-order valence-corrected chi connectivity index (χ0v) is 16.4. The van der Waals surface area contributed by atoms with Gasteiger partial charge >= 0.3 is 12.0 Å². The summed E-state index contributed by atoms with van der Waals surface area (Å²) in [4.78, 5) is 28.5. The Balaban J connectivity index is 2.08. The first-order valence-electron chi connectivity index (χ1n) is 9.76. The van der Waals surface area contributed by atoms with Gasteiger partial charge in [-0.3, -0.25) is 4.90 Å². The van der Waals surface area contributed by atoms with Crippen LogP contribution in [0.25, 0.3) is 0 Å². The summed E-state index contributed by atoms with van der Waals surface area (Å²) in [7, 11) is 0. The van der Waals surface area contributed by atoms with Crippen molar-refractivity contribution >= 4 is 17.7 Å². The standard InChI is InChI=1S/C22H25FN2O4/c1-2-20(18-9-3-4-10-19(18)21(26)27)25(17-8-5-7-16(23)15-17)22(28)24-11-6-13-29-14-12-24/h3-5,7-10,15,20H,2,6,11-14H2,1H3,(H,26,27).